The smallest absolute Gasteiger partial charge is 0.303 e. The highest BCUT2D eigenvalue weighted by Gasteiger charge is 2.18. The predicted octanol–water partition coefficient (Wildman–Crippen LogP) is 3.80. The molecule has 3 rings (SSSR count). The Morgan fingerprint density at radius 1 is 1.32 bits per heavy atom. The minimum absolute atomic E-state index is 0.0742. The third-order valence-electron chi connectivity index (χ3n) is 4.52. The molecule has 0 fully saturated rings. The van der Waals surface area contributed by atoms with Crippen LogP contribution in [0.25, 0.3) is 0 Å². The number of fused-ring (bicyclic) bond motifs is 1. The molecule has 0 unspecified atom stereocenters. The lowest BCUT2D eigenvalue weighted by Crippen LogP contribution is -2.25. The molecule has 4 nitrogen and oxygen atoms in total. The monoisotopic (exact) mass is 343 g/mol. The van der Waals surface area contributed by atoms with Crippen molar-refractivity contribution in [2.45, 2.75) is 32.3 Å². The Morgan fingerprint density at radius 2 is 2.16 bits per heavy atom. The van der Waals surface area contributed by atoms with Crippen LogP contribution in [0.15, 0.2) is 36.4 Å². The second kappa shape index (κ2) is 7.55. The third-order valence-corrected chi connectivity index (χ3v) is 4.52. The van der Waals surface area contributed by atoms with E-state index in [1.54, 1.807) is 12.1 Å². The van der Waals surface area contributed by atoms with E-state index in [9.17, 15) is 9.18 Å². The van der Waals surface area contributed by atoms with Gasteiger partial charge in [-0.05, 0) is 48.1 Å². The summed E-state index contributed by atoms with van der Waals surface area (Å²) in [4.78, 5) is 12.8. The lowest BCUT2D eigenvalue weighted by atomic mass is 10.0. The van der Waals surface area contributed by atoms with E-state index in [4.69, 9.17) is 9.84 Å². The van der Waals surface area contributed by atoms with Gasteiger partial charge in [-0.25, -0.2) is 4.39 Å². The Kier molecular flexibility index (Phi) is 5.22. The minimum atomic E-state index is -0.926. The van der Waals surface area contributed by atoms with Crippen LogP contribution in [0.1, 0.15) is 29.5 Å². The van der Waals surface area contributed by atoms with Crippen LogP contribution in [-0.4, -0.2) is 24.7 Å². The van der Waals surface area contributed by atoms with E-state index in [1.165, 1.54) is 11.6 Å². The number of anilines is 1. The number of rotatable bonds is 6. The number of hydrogen-bond acceptors (Lipinski definition) is 3. The summed E-state index contributed by atoms with van der Waals surface area (Å²) in [7, 11) is 2.06. The molecule has 132 valence electrons. The first kappa shape index (κ1) is 17.3. The second-order valence-corrected chi connectivity index (χ2v) is 6.40. The molecule has 0 spiro atoms. The molecular formula is C20H22FNO3. The van der Waals surface area contributed by atoms with Gasteiger partial charge in [0.2, 0.25) is 0 Å². The summed E-state index contributed by atoms with van der Waals surface area (Å²) in [5.74, 6) is -0.491. The molecule has 1 heterocycles. The van der Waals surface area contributed by atoms with E-state index in [-0.39, 0.29) is 25.3 Å². The van der Waals surface area contributed by atoms with E-state index in [2.05, 4.69) is 18.0 Å². The standard InChI is InChI=1S/C20H22FNO3/c1-22-11-3-5-16-4-2-6-18(20(16)22)25-13-14-7-8-15(17(21)12-14)9-10-19(23)24/h2,4,6-8,12H,3,5,9-11,13H2,1H3,(H,23,24). The largest absolute Gasteiger partial charge is 0.487 e. The average molecular weight is 343 g/mol. The Labute approximate surface area is 146 Å². The molecule has 0 bridgehead atoms. The molecule has 0 saturated heterocycles. The Morgan fingerprint density at radius 3 is 2.92 bits per heavy atom. The van der Waals surface area contributed by atoms with Gasteiger partial charge in [-0.15, -0.1) is 0 Å². The van der Waals surface area contributed by atoms with Crippen molar-refractivity contribution in [2.24, 2.45) is 0 Å². The molecule has 0 amide bonds. The number of para-hydroxylation sites is 1. The Balaban J connectivity index is 1.70. The van der Waals surface area contributed by atoms with E-state index in [0.29, 0.717) is 5.56 Å². The molecule has 1 aliphatic rings. The number of benzene rings is 2. The summed E-state index contributed by atoms with van der Waals surface area (Å²) in [6.07, 6.45) is 2.30. The highest BCUT2D eigenvalue weighted by Crippen LogP contribution is 2.35. The number of carbonyl (C=O) groups is 1. The van der Waals surface area contributed by atoms with Gasteiger partial charge in [0.05, 0.1) is 5.69 Å². The molecule has 0 atom stereocenters. The molecule has 1 N–H and O–H groups in total. The van der Waals surface area contributed by atoms with Crippen LogP contribution in [0.2, 0.25) is 0 Å². The van der Waals surface area contributed by atoms with Gasteiger partial charge < -0.3 is 14.7 Å². The van der Waals surface area contributed by atoms with Crippen LogP contribution < -0.4 is 9.64 Å². The summed E-state index contributed by atoms with van der Waals surface area (Å²) in [5, 5.41) is 8.70. The number of aliphatic carboxylic acids is 1. The maximum Gasteiger partial charge on any atom is 0.303 e. The number of carboxylic acids is 1. The van der Waals surface area contributed by atoms with Crippen molar-refractivity contribution in [1.29, 1.82) is 0 Å². The molecule has 0 saturated carbocycles. The summed E-state index contributed by atoms with van der Waals surface area (Å²) in [6, 6.07) is 10.9. The highest BCUT2D eigenvalue weighted by molar-refractivity contribution is 5.67. The van der Waals surface area contributed by atoms with E-state index < -0.39 is 5.97 Å². The number of aryl methyl sites for hydroxylation is 2. The lowest BCUT2D eigenvalue weighted by molar-refractivity contribution is -0.136. The number of hydrogen-bond donors (Lipinski definition) is 1. The highest BCUT2D eigenvalue weighted by atomic mass is 19.1. The average Bonchev–Trinajstić information content (AvgIpc) is 2.59. The molecule has 1 aliphatic heterocycles. The van der Waals surface area contributed by atoms with Gasteiger partial charge in [0, 0.05) is 20.0 Å². The predicted molar refractivity (Wildman–Crippen MR) is 94.7 cm³/mol. The Bertz CT molecular complexity index is 776. The van der Waals surface area contributed by atoms with Crippen LogP contribution in [0.3, 0.4) is 0 Å². The van der Waals surface area contributed by atoms with Crippen LogP contribution in [-0.2, 0) is 24.2 Å². The fraction of sp³-hybridized carbons (Fsp3) is 0.350. The van der Waals surface area contributed by atoms with Crippen molar-refractivity contribution in [3.05, 3.63) is 58.9 Å². The maximum absolute atomic E-state index is 14.1. The molecule has 0 aromatic heterocycles. The molecular weight excluding hydrogens is 321 g/mol. The van der Waals surface area contributed by atoms with Gasteiger partial charge in [-0.3, -0.25) is 4.79 Å². The van der Waals surface area contributed by atoms with Crippen LogP contribution in [0.4, 0.5) is 10.1 Å². The van der Waals surface area contributed by atoms with E-state index in [0.717, 1.165) is 36.4 Å². The molecule has 0 aliphatic carbocycles. The summed E-state index contributed by atoms with van der Waals surface area (Å²) < 4.78 is 20.1. The quantitative estimate of drug-likeness (QED) is 0.867. The zero-order valence-electron chi connectivity index (χ0n) is 14.3. The zero-order chi connectivity index (χ0) is 17.8. The number of ether oxygens (including phenoxy) is 1. The first-order valence-corrected chi connectivity index (χ1v) is 8.49. The lowest BCUT2D eigenvalue weighted by Gasteiger charge is -2.29. The number of halogens is 1. The third kappa shape index (κ3) is 4.10. The first-order valence-electron chi connectivity index (χ1n) is 8.49. The van der Waals surface area contributed by atoms with Crippen molar-refractivity contribution in [3.8, 4) is 5.75 Å². The van der Waals surface area contributed by atoms with Gasteiger partial charge in [0.25, 0.3) is 0 Å². The molecule has 2 aromatic rings. The van der Waals surface area contributed by atoms with E-state index >= 15 is 0 Å². The van der Waals surface area contributed by atoms with Crippen LogP contribution >= 0.6 is 0 Å². The summed E-state index contributed by atoms with van der Waals surface area (Å²) in [5.41, 5.74) is 3.55. The topological polar surface area (TPSA) is 49.8 Å². The fourth-order valence-electron chi connectivity index (χ4n) is 3.22. The molecule has 25 heavy (non-hydrogen) atoms. The maximum atomic E-state index is 14.1. The minimum Gasteiger partial charge on any atom is -0.487 e. The van der Waals surface area contributed by atoms with Gasteiger partial charge in [-0.2, -0.15) is 0 Å². The van der Waals surface area contributed by atoms with Crippen LogP contribution in [0, 0.1) is 5.82 Å². The van der Waals surface area contributed by atoms with E-state index in [1.807, 2.05) is 12.1 Å². The number of nitrogens with zero attached hydrogens (tertiary/aromatic N) is 1. The fourth-order valence-corrected chi connectivity index (χ4v) is 3.22. The normalized spacial score (nSPS) is 13.4. The summed E-state index contributed by atoms with van der Waals surface area (Å²) in [6.45, 7) is 1.28. The van der Waals surface area contributed by atoms with Crippen molar-refractivity contribution in [1.82, 2.24) is 0 Å². The van der Waals surface area contributed by atoms with Gasteiger partial charge in [0.1, 0.15) is 18.2 Å². The summed E-state index contributed by atoms with van der Waals surface area (Å²) >= 11 is 0. The van der Waals surface area contributed by atoms with Crippen molar-refractivity contribution < 1.29 is 19.0 Å². The number of carboxylic acid groups (broad SMARTS) is 1. The van der Waals surface area contributed by atoms with Gasteiger partial charge in [0.15, 0.2) is 0 Å². The molecule has 5 heteroatoms. The van der Waals surface area contributed by atoms with Crippen molar-refractivity contribution in [3.63, 3.8) is 0 Å². The van der Waals surface area contributed by atoms with Crippen LogP contribution in [0.5, 0.6) is 5.75 Å². The van der Waals surface area contributed by atoms with Gasteiger partial charge in [-0.1, -0.05) is 24.3 Å². The Hall–Kier alpha value is -2.56. The second-order valence-electron chi connectivity index (χ2n) is 6.40. The molecule has 0 radical (unpaired) electrons. The van der Waals surface area contributed by atoms with Gasteiger partial charge >= 0.3 is 5.97 Å². The SMILES string of the molecule is CN1CCCc2cccc(OCc3ccc(CCC(=O)O)c(F)c3)c21. The zero-order valence-corrected chi connectivity index (χ0v) is 14.3. The van der Waals surface area contributed by atoms with Crippen molar-refractivity contribution in [2.75, 3.05) is 18.5 Å². The first-order chi connectivity index (χ1) is 12.0. The molecule has 2 aromatic carbocycles. The van der Waals surface area contributed by atoms with Crippen molar-refractivity contribution >= 4 is 11.7 Å².